The predicted octanol–water partition coefficient (Wildman–Crippen LogP) is 2.63. The molecular formula is C14H27N3. The fraction of sp³-hybridized carbons (Fsp3) is 0.786. The van der Waals surface area contributed by atoms with Crippen LogP contribution in [0.3, 0.4) is 0 Å². The van der Waals surface area contributed by atoms with Crippen LogP contribution in [-0.4, -0.2) is 22.9 Å². The summed E-state index contributed by atoms with van der Waals surface area (Å²) in [5.41, 5.74) is 2.49. The Morgan fingerprint density at radius 1 is 1.35 bits per heavy atom. The lowest BCUT2D eigenvalue weighted by atomic mass is 9.85. The summed E-state index contributed by atoms with van der Waals surface area (Å²) in [6.07, 6.45) is 1.11. The summed E-state index contributed by atoms with van der Waals surface area (Å²) in [5, 5.41) is 7.90. The second-order valence-corrected chi connectivity index (χ2v) is 5.28. The second kappa shape index (κ2) is 6.20. The highest BCUT2D eigenvalue weighted by Crippen LogP contribution is 2.21. The molecule has 2 atom stereocenters. The minimum Gasteiger partial charge on any atom is -0.317 e. The second-order valence-electron chi connectivity index (χ2n) is 5.28. The third kappa shape index (κ3) is 3.56. The quantitative estimate of drug-likeness (QED) is 0.824. The number of aromatic nitrogens is 2. The predicted molar refractivity (Wildman–Crippen MR) is 73.2 cm³/mol. The van der Waals surface area contributed by atoms with Crippen molar-refractivity contribution in [3.63, 3.8) is 0 Å². The summed E-state index contributed by atoms with van der Waals surface area (Å²) in [7, 11) is 2.04. The van der Waals surface area contributed by atoms with Crippen molar-refractivity contribution in [3.8, 4) is 0 Å². The molecule has 0 aliphatic heterocycles. The Labute approximate surface area is 106 Å². The molecule has 0 saturated heterocycles. The minimum atomic E-state index is 0.538. The number of nitrogens with one attached hydrogen (secondary N) is 1. The van der Waals surface area contributed by atoms with Crippen molar-refractivity contribution in [3.05, 3.63) is 17.5 Å². The molecule has 0 spiro atoms. The molecule has 0 saturated carbocycles. The molecule has 2 unspecified atom stereocenters. The maximum atomic E-state index is 4.52. The van der Waals surface area contributed by atoms with Crippen LogP contribution in [0.5, 0.6) is 0 Å². The van der Waals surface area contributed by atoms with Gasteiger partial charge in [-0.05, 0) is 52.1 Å². The van der Waals surface area contributed by atoms with Gasteiger partial charge in [0.25, 0.3) is 0 Å². The van der Waals surface area contributed by atoms with Crippen LogP contribution in [-0.2, 0) is 13.0 Å². The van der Waals surface area contributed by atoms with E-state index in [0.29, 0.717) is 17.9 Å². The fourth-order valence-corrected chi connectivity index (χ4v) is 2.48. The maximum Gasteiger partial charge on any atom is 0.0596 e. The van der Waals surface area contributed by atoms with Gasteiger partial charge in [0.1, 0.15) is 0 Å². The minimum absolute atomic E-state index is 0.538. The number of rotatable bonds is 6. The van der Waals surface area contributed by atoms with Crippen molar-refractivity contribution in [1.29, 1.82) is 0 Å². The van der Waals surface area contributed by atoms with E-state index in [1.807, 2.05) is 7.05 Å². The molecule has 1 rings (SSSR count). The maximum absolute atomic E-state index is 4.52. The topological polar surface area (TPSA) is 29.9 Å². The molecule has 0 amide bonds. The van der Waals surface area contributed by atoms with E-state index in [1.165, 1.54) is 5.69 Å². The van der Waals surface area contributed by atoms with Crippen molar-refractivity contribution >= 4 is 0 Å². The third-order valence-electron chi connectivity index (χ3n) is 3.68. The number of hydrogen-bond acceptors (Lipinski definition) is 2. The number of aryl methyl sites for hydroxylation is 2. The van der Waals surface area contributed by atoms with Crippen LogP contribution in [0.25, 0.3) is 0 Å². The summed E-state index contributed by atoms with van der Waals surface area (Å²) in [4.78, 5) is 0. The van der Waals surface area contributed by atoms with E-state index in [-0.39, 0.29) is 0 Å². The lowest BCUT2D eigenvalue weighted by Crippen LogP contribution is -2.35. The van der Waals surface area contributed by atoms with Crippen LogP contribution in [0.2, 0.25) is 0 Å². The number of nitrogens with zero attached hydrogens (tertiary/aromatic N) is 2. The molecule has 1 aromatic rings. The van der Waals surface area contributed by atoms with E-state index < -0.39 is 0 Å². The van der Waals surface area contributed by atoms with Gasteiger partial charge in [-0.1, -0.05) is 13.8 Å². The Morgan fingerprint density at radius 2 is 2.00 bits per heavy atom. The van der Waals surface area contributed by atoms with Crippen molar-refractivity contribution < 1.29 is 0 Å². The van der Waals surface area contributed by atoms with E-state index in [2.05, 4.69) is 55.8 Å². The highest BCUT2D eigenvalue weighted by molar-refractivity contribution is 5.10. The molecule has 0 bridgehead atoms. The molecule has 3 heteroatoms. The Hall–Kier alpha value is -0.830. The first-order valence-electron chi connectivity index (χ1n) is 6.70. The van der Waals surface area contributed by atoms with Gasteiger partial charge in [-0.3, -0.25) is 4.68 Å². The van der Waals surface area contributed by atoms with E-state index in [4.69, 9.17) is 0 Å². The van der Waals surface area contributed by atoms with Crippen molar-refractivity contribution in [2.45, 2.75) is 53.6 Å². The summed E-state index contributed by atoms with van der Waals surface area (Å²) in [5.74, 6) is 1.33. The molecule has 0 aromatic carbocycles. The van der Waals surface area contributed by atoms with Crippen LogP contribution in [0.15, 0.2) is 6.07 Å². The van der Waals surface area contributed by atoms with Gasteiger partial charge in [0.05, 0.1) is 5.69 Å². The Balaban J connectivity index is 2.85. The van der Waals surface area contributed by atoms with Gasteiger partial charge >= 0.3 is 0 Å². The van der Waals surface area contributed by atoms with Gasteiger partial charge in [0.15, 0.2) is 0 Å². The average molecular weight is 237 g/mol. The Bertz CT molecular complexity index is 341. The average Bonchev–Trinajstić information content (AvgIpc) is 2.65. The molecule has 17 heavy (non-hydrogen) atoms. The van der Waals surface area contributed by atoms with Gasteiger partial charge in [0.2, 0.25) is 0 Å². The lowest BCUT2D eigenvalue weighted by Gasteiger charge is -2.27. The third-order valence-corrected chi connectivity index (χ3v) is 3.68. The van der Waals surface area contributed by atoms with Crippen molar-refractivity contribution in [2.24, 2.45) is 11.8 Å². The van der Waals surface area contributed by atoms with Gasteiger partial charge in [-0.25, -0.2) is 0 Å². The largest absolute Gasteiger partial charge is 0.317 e. The molecular weight excluding hydrogens is 210 g/mol. The van der Waals surface area contributed by atoms with E-state index in [9.17, 15) is 0 Å². The first-order valence-corrected chi connectivity index (χ1v) is 6.70. The highest BCUT2D eigenvalue weighted by atomic mass is 15.3. The zero-order valence-electron chi connectivity index (χ0n) is 12.1. The van der Waals surface area contributed by atoms with Gasteiger partial charge in [-0.2, -0.15) is 5.10 Å². The van der Waals surface area contributed by atoms with Crippen molar-refractivity contribution in [2.75, 3.05) is 7.05 Å². The van der Waals surface area contributed by atoms with Crippen molar-refractivity contribution in [1.82, 2.24) is 15.1 Å². The van der Waals surface area contributed by atoms with Crippen LogP contribution in [0.4, 0.5) is 0 Å². The van der Waals surface area contributed by atoms with Crippen LogP contribution in [0, 0.1) is 18.8 Å². The molecule has 0 radical (unpaired) electrons. The first-order chi connectivity index (χ1) is 7.99. The van der Waals surface area contributed by atoms with Crippen LogP contribution in [0.1, 0.15) is 39.1 Å². The fourth-order valence-electron chi connectivity index (χ4n) is 2.48. The summed E-state index contributed by atoms with van der Waals surface area (Å²) >= 11 is 0. The molecule has 0 aliphatic rings. The Kier molecular flexibility index (Phi) is 5.19. The normalized spacial score (nSPS) is 15.2. The SMILES string of the molecule is CCn1nc(C)cc1CC(C(C)C)C(C)NC. The van der Waals surface area contributed by atoms with E-state index in [0.717, 1.165) is 18.7 Å². The molecule has 0 fully saturated rings. The van der Waals surface area contributed by atoms with Gasteiger partial charge in [0, 0.05) is 18.3 Å². The van der Waals surface area contributed by atoms with E-state index >= 15 is 0 Å². The summed E-state index contributed by atoms with van der Waals surface area (Å²) in [6.45, 7) is 12.1. The zero-order valence-corrected chi connectivity index (χ0v) is 12.1. The Morgan fingerprint density at radius 3 is 2.47 bits per heavy atom. The molecule has 1 aromatic heterocycles. The summed E-state index contributed by atoms with van der Waals surface area (Å²) < 4.78 is 2.13. The highest BCUT2D eigenvalue weighted by Gasteiger charge is 2.21. The molecule has 3 nitrogen and oxygen atoms in total. The van der Waals surface area contributed by atoms with Gasteiger partial charge in [-0.15, -0.1) is 0 Å². The monoisotopic (exact) mass is 237 g/mol. The lowest BCUT2D eigenvalue weighted by molar-refractivity contribution is 0.294. The zero-order chi connectivity index (χ0) is 13.0. The summed E-state index contributed by atoms with van der Waals surface area (Å²) in [6, 6.07) is 2.76. The van der Waals surface area contributed by atoms with Gasteiger partial charge < -0.3 is 5.32 Å². The van der Waals surface area contributed by atoms with Crippen LogP contribution < -0.4 is 5.32 Å². The van der Waals surface area contributed by atoms with E-state index in [1.54, 1.807) is 0 Å². The molecule has 1 N–H and O–H groups in total. The smallest absolute Gasteiger partial charge is 0.0596 e. The molecule has 1 heterocycles. The van der Waals surface area contributed by atoms with Crippen LogP contribution >= 0.6 is 0 Å². The molecule has 0 aliphatic carbocycles. The molecule has 98 valence electrons. The number of hydrogen-bond donors (Lipinski definition) is 1. The standard InChI is InChI=1S/C14H27N3/c1-7-17-13(8-11(4)16-17)9-14(10(2)3)12(5)15-6/h8,10,12,14-15H,7,9H2,1-6H3. The first kappa shape index (κ1) is 14.2.